The summed E-state index contributed by atoms with van der Waals surface area (Å²) in [5.41, 5.74) is 2.62. The topological polar surface area (TPSA) is 69.8 Å². The van der Waals surface area contributed by atoms with Crippen molar-refractivity contribution >= 4 is 16.9 Å². The molecular weight excluding hydrogens is 369 g/mol. The normalized spacial score (nSPS) is 19.8. The Morgan fingerprint density at radius 3 is 2.89 bits per heavy atom. The van der Waals surface area contributed by atoms with Crippen LogP contribution in [0.3, 0.4) is 0 Å². The molecule has 1 fully saturated rings. The number of imidazole rings is 1. The van der Waals surface area contributed by atoms with Gasteiger partial charge in [-0.2, -0.15) is 13.2 Å². The minimum absolute atomic E-state index is 0.0528. The minimum atomic E-state index is -4.39. The van der Waals surface area contributed by atoms with Crippen LogP contribution in [0.1, 0.15) is 29.2 Å². The van der Waals surface area contributed by atoms with Crippen LogP contribution in [0.2, 0.25) is 0 Å². The van der Waals surface area contributed by atoms with Gasteiger partial charge in [0.1, 0.15) is 0 Å². The number of hydrogen-bond acceptors (Lipinski definition) is 3. The van der Waals surface area contributed by atoms with Gasteiger partial charge in [-0.25, -0.2) is 4.98 Å². The van der Waals surface area contributed by atoms with Crippen LogP contribution in [-0.4, -0.2) is 22.4 Å². The highest BCUT2D eigenvalue weighted by Crippen LogP contribution is 2.30. The number of fused-ring (bicyclic) bond motifs is 1. The number of nitrogens with one attached hydrogen (secondary N) is 3. The molecule has 0 bridgehead atoms. The van der Waals surface area contributed by atoms with Crippen molar-refractivity contribution in [3.05, 3.63) is 65.5 Å². The number of carbonyl (C=O) groups is 1. The molecule has 0 saturated carbocycles. The highest BCUT2D eigenvalue weighted by atomic mass is 19.4. The van der Waals surface area contributed by atoms with E-state index in [1.807, 2.05) is 18.2 Å². The Kier molecular flexibility index (Phi) is 4.80. The summed E-state index contributed by atoms with van der Waals surface area (Å²) in [7, 11) is 0. The zero-order valence-corrected chi connectivity index (χ0v) is 14.9. The van der Waals surface area contributed by atoms with E-state index in [-0.39, 0.29) is 24.4 Å². The molecule has 5 nitrogen and oxygen atoms in total. The number of hydrogen-bond donors (Lipinski definition) is 3. The van der Waals surface area contributed by atoms with E-state index in [9.17, 15) is 18.0 Å². The Morgan fingerprint density at radius 1 is 1.21 bits per heavy atom. The average molecular weight is 388 g/mol. The van der Waals surface area contributed by atoms with Gasteiger partial charge in [-0.1, -0.05) is 18.2 Å². The van der Waals surface area contributed by atoms with Gasteiger partial charge in [-0.05, 0) is 41.8 Å². The Hall–Kier alpha value is -2.87. The first kappa shape index (κ1) is 18.5. The summed E-state index contributed by atoms with van der Waals surface area (Å²) in [5, 5.41) is 6.10. The van der Waals surface area contributed by atoms with Crippen molar-refractivity contribution in [1.29, 1.82) is 0 Å². The van der Waals surface area contributed by atoms with Gasteiger partial charge in [0.2, 0.25) is 5.91 Å². The van der Waals surface area contributed by atoms with Crippen molar-refractivity contribution < 1.29 is 18.0 Å². The van der Waals surface area contributed by atoms with E-state index >= 15 is 0 Å². The molecule has 4 rings (SSSR count). The standard InChI is InChI=1S/C20H19F3N4O/c21-20(22,23)15-3-1-2-12(6-15)9-25-19(28)14-8-17(24-10-14)13-4-5-16-18(7-13)27-11-26-16/h1-7,11,14,17,24H,8-10H2,(H,25,28)(H,26,27)/t14-,17?/m1/s1. The number of halogens is 3. The van der Waals surface area contributed by atoms with E-state index in [0.717, 1.165) is 28.7 Å². The molecule has 0 radical (unpaired) electrons. The summed E-state index contributed by atoms with van der Waals surface area (Å²) in [4.78, 5) is 19.7. The van der Waals surface area contributed by atoms with Crippen LogP contribution in [0, 0.1) is 5.92 Å². The molecule has 3 N–H and O–H groups in total. The first-order valence-corrected chi connectivity index (χ1v) is 9.00. The number of carbonyl (C=O) groups excluding carboxylic acids is 1. The van der Waals surface area contributed by atoms with Crippen molar-refractivity contribution in [1.82, 2.24) is 20.6 Å². The van der Waals surface area contributed by atoms with E-state index in [1.165, 1.54) is 6.07 Å². The quantitative estimate of drug-likeness (QED) is 0.640. The number of amides is 1. The lowest BCUT2D eigenvalue weighted by Gasteiger charge is -2.13. The Balaban J connectivity index is 1.36. The Labute approximate surface area is 159 Å². The number of nitrogens with zero attached hydrogens (tertiary/aromatic N) is 1. The van der Waals surface area contributed by atoms with Crippen LogP contribution < -0.4 is 10.6 Å². The maximum atomic E-state index is 12.8. The molecule has 28 heavy (non-hydrogen) atoms. The van der Waals surface area contributed by atoms with Gasteiger partial charge in [0.15, 0.2) is 0 Å². The average Bonchev–Trinajstić information content (AvgIpc) is 3.34. The minimum Gasteiger partial charge on any atom is -0.352 e. The molecule has 1 saturated heterocycles. The third-order valence-corrected chi connectivity index (χ3v) is 5.07. The molecule has 2 aromatic carbocycles. The molecule has 2 heterocycles. The molecule has 0 spiro atoms. The molecule has 1 aliphatic heterocycles. The second-order valence-electron chi connectivity index (χ2n) is 6.99. The molecule has 8 heteroatoms. The number of aromatic nitrogens is 2. The first-order chi connectivity index (χ1) is 13.4. The Morgan fingerprint density at radius 2 is 2.07 bits per heavy atom. The second kappa shape index (κ2) is 7.27. The lowest BCUT2D eigenvalue weighted by molar-refractivity contribution is -0.137. The van der Waals surface area contributed by atoms with Crippen LogP contribution >= 0.6 is 0 Å². The summed E-state index contributed by atoms with van der Waals surface area (Å²) >= 11 is 0. The molecule has 3 aromatic rings. The predicted octanol–water partition coefficient (Wildman–Crippen LogP) is 3.55. The third-order valence-electron chi connectivity index (χ3n) is 5.07. The van der Waals surface area contributed by atoms with Gasteiger partial charge in [0.05, 0.1) is 28.8 Å². The maximum Gasteiger partial charge on any atom is 0.416 e. The van der Waals surface area contributed by atoms with Crippen molar-refractivity contribution in [2.75, 3.05) is 6.54 Å². The zero-order valence-electron chi connectivity index (χ0n) is 14.9. The smallest absolute Gasteiger partial charge is 0.352 e. The number of aromatic amines is 1. The molecule has 1 aliphatic rings. The van der Waals surface area contributed by atoms with Crippen LogP contribution in [0.15, 0.2) is 48.8 Å². The van der Waals surface area contributed by atoms with E-state index in [1.54, 1.807) is 12.4 Å². The zero-order chi connectivity index (χ0) is 19.7. The van der Waals surface area contributed by atoms with Gasteiger partial charge in [-0.3, -0.25) is 4.79 Å². The number of alkyl halides is 3. The van der Waals surface area contributed by atoms with Crippen molar-refractivity contribution in [2.24, 2.45) is 5.92 Å². The molecule has 146 valence electrons. The van der Waals surface area contributed by atoms with E-state index < -0.39 is 11.7 Å². The SMILES string of the molecule is O=C(NCc1cccc(C(F)(F)F)c1)[C@H]1CNC(c2ccc3nc[nH]c3c2)C1. The fraction of sp³-hybridized carbons (Fsp3) is 0.300. The summed E-state index contributed by atoms with van der Waals surface area (Å²) in [5.74, 6) is -0.386. The van der Waals surface area contributed by atoms with E-state index in [0.29, 0.717) is 18.5 Å². The van der Waals surface area contributed by atoms with Crippen LogP contribution in [0.5, 0.6) is 0 Å². The predicted molar refractivity (Wildman–Crippen MR) is 98.2 cm³/mol. The fourth-order valence-corrected chi connectivity index (χ4v) is 3.55. The van der Waals surface area contributed by atoms with Gasteiger partial charge in [-0.15, -0.1) is 0 Å². The Bertz CT molecular complexity index is 998. The van der Waals surface area contributed by atoms with Gasteiger partial charge in [0, 0.05) is 19.1 Å². The van der Waals surface area contributed by atoms with Crippen LogP contribution in [0.25, 0.3) is 11.0 Å². The van der Waals surface area contributed by atoms with Crippen molar-refractivity contribution in [2.45, 2.75) is 25.2 Å². The highest BCUT2D eigenvalue weighted by Gasteiger charge is 2.31. The van der Waals surface area contributed by atoms with Crippen molar-refractivity contribution in [3.63, 3.8) is 0 Å². The first-order valence-electron chi connectivity index (χ1n) is 9.00. The molecule has 1 amide bonds. The largest absolute Gasteiger partial charge is 0.416 e. The third kappa shape index (κ3) is 3.87. The molecule has 1 aromatic heterocycles. The summed E-state index contributed by atoms with van der Waals surface area (Å²) in [6.45, 7) is 0.601. The molecule has 1 unspecified atom stereocenters. The fourth-order valence-electron chi connectivity index (χ4n) is 3.55. The van der Waals surface area contributed by atoms with Crippen LogP contribution in [-0.2, 0) is 17.5 Å². The monoisotopic (exact) mass is 388 g/mol. The van der Waals surface area contributed by atoms with E-state index in [4.69, 9.17) is 0 Å². The number of benzene rings is 2. The van der Waals surface area contributed by atoms with Crippen molar-refractivity contribution in [3.8, 4) is 0 Å². The maximum absolute atomic E-state index is 12.8. The summed E-state index contributed by atoms with van der Waals surface area (Å²) in [6.07, 6.45) is -2.12. The van der Waals surface area contributed by atoms with Crippen LogP contribution in [0.4, 0.5) is 13.2 Å². The van der Waals surface area contributed by atoms with Gasteiger partial charge < -0.3 is 15.6 Å². The number of H-pyrrole nitrogens is 1. The number of rotatable bonds is 4. The summed E-state index contributed by atoms with van der Waals surface area (Å²) in [6, 6.07) is 11.0. The summed E-state index contributed by atoms with van der Waals surface area (Å²) < 4.78 is 38.4. The molecule has 0 aliphatic carbocycles. The van der Waals surface area contributed by atoms with Gasteiger partial charge >= 0.3 is 6.18 Å². The highest BCUT2D eigenvalue weighted by molar-refractivity contribution is 5.79. The lowest BCUT2D eigenvalue weighted by atomic mass is 9.99. The molecule has 2 atom stereocenters. The molecular formula is C20H19F3N4O. The van der Waals surface area contributed by atoms with E-state index in [2.05, 4.69) is 20.6 Å². The lowest BCUT2D eigenvalue weighted by Crippen LogP contribution is -2.31. The second-order valence-corrected chi connectivity index (χ2v) is 6.99. The van der Waals surface area contributed by atoms with Gasteiger partial charge in [0.25, 0.3) is 0 Å².